The number of fused-ring (bicyclic) bond motifs is 4. The summed E-state index contributed by atoms with van der Waals surface area (Å²) in [5.74, 6) is 3.55. The Morgan fingerprint density at radius 1 is 0.846 bits per heavy atom. The van der Waals surface area contributed by atoms with Gasteiger partial charge in [-0.2, -0.15) is 0 Å². The zero-order valence-corrected chi connectivity index (χ0v) is 28.3. The second-order valence-corrected chi connectivity index (χ2v) is 22.0. The van der Waals surface area contributed by atoms with Gasteiger partial charge in [0.15, 0.2) is 8.32 Å². The van der Waals surface area contributed by atoms with E-state index in [-0.39, 0.29) is 29.6 Å². The summed E-state index contributed by atoms with van der Waals surface area (Å²) in [7, 11) is -1.87. The molecule has 224 valence electrons. The normalized spacial score (nSPS) is 55.6. The van der Waals surface area contributed by atoms with Crippen LogP contribution in [0, 0.1) is 56.7 Å². The lowest BCUT2D eigenvalue weighted by atomic mass is 9.41. The van der Waals surface area contributed by atoms with Gasteiger partial charge in [-0.05, 0) is 128 Å². The van der Waals surface area contributed by atoms with Crippen molar-refractivity contribution in [2.24, 2.45) is 56.7 Å². The van der Waals surface area contributed by atoms with Crippen LogP contribution in [0.5, 0.6) is 0 Å². The van der Waals surface area contributed by atoms with Crippen molar-refractivity contribution in [2.45, 2.75) is 157 Å². The third-order valence-electron chi connectivity index (χ3n) is 16.2. The summed E-state index contributed by atoms with van der Waals surface area (Å²) in [5, 5.41) is 10.5. The number of aliphatic hydroxyl groups is 1. The summed E-state index contributed by atoms with van der Waals surface area (Å²) in [5.41, 5.74) is 1.48. The predicted molar refractivity (Wildman–Crippen MR) is 163 cm³/mol. The van der Waals surface area contributed by atoms with Crippen LogP contribution in [0.1, 0.15) is 121 Å². The van der Waals surface area contributed by atoms with Crippen LogP contribution in [0.2, 0.25) is 18.1 Å². The maximum Gasteiger partial charge on any atom is 0.192 e. The van der Waals surface area contributed by atoms with Crippen molar-refractivity contribution in [1.29, 1.82) is 0 Å². The van der Waals surface area contributed by atoms with Gasteiger partial charge >= 0.3 is 0 Å². The molecule has 5 aliphatic carbocycles. The van der Waals surface area contributed by atoms with Crippen molar-refractivity contribution < 1.29 is 14.3 Å². The summed E-state index contributed by atoms with van der Waals surface area (Å²) in [6.45, 7) is 25.1. The standard InChI is InChI=1S/C35H62O3Si/c1-11-39(12-2,13-3)38-29-28-27(23(4)20-31(8,22-36)37-28)32(9)18-19-35-21-34(35)17-16-24(5)30(6,7)25(34)14-15-26(35)33(29,32)10/h23-29,36H,11-22H2,1-10H3/t23-,24+,25+,26+,27?,28+,29+,31-,32-,33-,34?,35+/m1/s1. The minimum atomic E-state index is -1.87. The minimum Gasteiger partial charge on any atom is -0.411 e. The van der Waals surface area contributed by atoms with E-state index in [0.717, 1.165) is 24.2 Å². The molecule has 0 bridgehead atoms. The maximum absolute atomic E-state index is 10.5. The van der Waals surface area contributed by atoms with Crippen LogP contribution in [-0.4, -0.2) is 37.8 Å². The minimum absolute atomic E-state index is 0.114. The Morgan fingerprint density at radius 2 is 1.46 bits per heavy atom. The van der Waals surface area contributed by atoms with Gasteiger partial charge in [-0.25, -0.2) is 0 Å². The monoisotopic (exact) mass is 558 g/mol. The van der Waals surface area contributed by atoms with Crippen LogP contribution < -0.4 is 0 Å². The van der Waals surface area contributed by atoms with Crippen molar-refractivity contribution in [2.75, 3.05) is 6.61 Å². The molecule has 39 heavy (non-hydrogen) atoms. The summed E-state index contributed by atoms with van der Waals surface area (Å²) in [6.07, 6.45) is 11.2. The molecule has 4 heteroatoms. The van der Waals surface area contributed by atoms with E-state index in [1.54, 1.807) is 0 Å². The van der Waals surface area contributed by atoms with Gasteiger partial charge in [0.2, 0.25) is 0 Å². The molecule has 0 aromatic heterocycles. The first-order valence-corrected chi connectivity index (χ1v) is 19.7. The fraction of sp³-hybridized carbons (Fsp3) is 1.00. The Balaban J connectivity index is 1.47. The maximum atomic E-state index is 10.5. The van der Waals surface area contributed by atoms with Crippen LogP contribution >= 0.6 is 0 Å². The Kier molecular flexibility index (Phi) is 6.60. The van der Waals surface area contributed by atoms with Crippen LogP contribution in [0.3, 0.4) is 0 Å². The molecule has 0 aromatic carbocycles. The molecule has 6 fully saturated rings. The molecule has 1 saturated heterocycles. The highest BCUT2D eigenvalue weighted by Gasteiger charge is 2.85. The highest BCUT2D eigenvalue weighted by molar-refractivity contribution is 6.73. The fourth-order valence-corrected chi connectivity index (χ4v) is 16.4. The van der Waals surface area contributed by atoms with Gasteiger partial charge in [-0.3, -0.25) is 0 Å². The average molecular weight is 559 g/mol. The molecular formula is C35H62O3Si. The molecule has 1 N–H and O–H groups in total. The highest BCUT2D eigenvalue weighted by Crippen LogP contribution is 2.89. The molecule has 3 nitrogen and oxygen atoms in total. The molecule has 12 atom stereocenters. The van der Waals surface area contributed by atoms with Crippen molar-refractivity contribution in [3.05, 3.63) is 0 Å². The van der Waals surface area contributed by atoms with Gasteiger partial charge in [-0.15, -0.1) is 0 Å². The first kappa shape index (κ1) is 29.2. The van der Waals surface area contributed by atoms with E-state index in [2.05, 4.69) is 69.2 Å². The van der Waals surface area contributed by atoms with E-state index in [1.807, 2.05) is 0 Å². The van der Waals surface area contributed by atoms with Gasteiger partial charge in [0.25, 0.3) is 0 Å². The molecule has 2 spiro atoms. The highest BCUT2D eigenvalue weighted by atomic mass is 28.4. The predicted octanol–water partition coefficient (Wildman–Crippen LogP) is 8.85. The van der Waals surface area contributed by atoms with Crippen LogP contribution in [0.4, 0.5) is 0 Å². The molecule has 2 unspecified atom stereocenters. The lowest BCUT2D eigenvalue weighted by molar-refractivity contribution is -0.200. The van der Waals surface area contributed by atoms with E-state index in [4.69, 9.17) is 9.16 Å². The number of aliphatic hydroxyl groups excluding tert-OH is 1. The van der Waals surface area contributed by atoms with E-state index in [0.29, 0.717) is 28.1 Å². The third-order valence-corrected chi connectivity index (χ3v) is 20.8. The van der Waals surface area contributed by atoms with Crippen molar-refractivity contribution in [1.82, 2.24) is 0 Å². The molecular weight excluding hydrogens is 496 g/mol. The molecule has 1 aliphatic heterocycles. The molecule has 1 heterocycles. The Hall–Kier alpha value is 0.0969. The molecule has 6 rings (SSSR count). The SMILES string of the molecule is CC[Si](CC)(CC)O[C@H]1[C@H]2O[C@@](C)(CO)C[C@@H](C)C2[C@@]2(C)CC[C@@]34CC35CC[C@H](C)C(C)(C)[C@@H]5CC[C@H]4[C@]12C. The Morgan fingerprint density at radius 3 is 2.08 bits per heavy atom. The summed E-state index contributed by atoms with van der Waals surface area (Å²) >= 11 is 0. The largest absolute Gasteiger partial charge is 0.411 e. The number of hydrogen-bond acceptors (Lipinski definition) is 3. The topological polar surface area (TPSA) is 38.7 Å². The molecule has 0 aromatic rings. The first-order valence-electron chi connectivity index (χ1n) is 17.2. The third kappa shape index (κ3) is 3.39. The van der Waals surface area contributed by atoms with Crippen LogP contribution in [0.15, 0.2) is 0 Å². The molecule has 0 radical (unpaired) electrons. The molecule has 5 saturated carbocycles. The van der Waals surface area contributed by atoms with E-state index >= 15 is 0 Å². The Bertz CT molecular complexity index is 969. The van der Waals surface area contributed by atoms with Gasteiger partial charge < -0.3 is 14.3 Å². The first-order chi connectivity index (χ1) is 18.2. The lowest BCUT2D eigenvalue weighted by Crippen LogP contribution is -2.61. The van der Waals surface area contributed by atoms with E-state index < -0.39 is 13.9 Å². The van der Waals surface area contributed by atoms with Crippen molar-refractivity contribution >= 4 is 8.32 Å². The molecule has 6 aliphatic rings. The number of ether oxygens (including phenoxy) is 1. The quantitative estimate of drug-likeness (QED) is 0.331. The van der Waals surface area contributed by atoms with Gasteiger partial charge in [0.1, 0.15) is 0 Å². The second kappa shape index (κ2) is 8.82. The van der Waals surface area contributed by atoms with Crippen molar-refractivity contribution in [3.63, 3.8) is 0 Å². The van der Waals surface area contributed by atoms with Crippen LogP contribution in [0.25, 0.3) is 0 Å². The van der Waals surface area contributed by atoms with Crippen molar-refractivity contribution in [3.8, 4) is 0 Å². The Labute approximate surface area is 242 Å². The number of rotatable bonds is 6. The average Bonchev–Trinajstić information content (AvgIpc) is 3.53. The van der Waals surface area contributed by atoms with E-state index in [1.165, 1.54) is 63.1 Å². The summed E-state index contributed by atoms with van der Waals surface area (Å²) in [6, 6.07) is 3.59. The smallest absolute Gasteiger partial charge is 0.192 e. The zero-order valence-electron chi connectivity index (χ0n) is 27.3. The molecule has 0 amide bonds. The zero-order chi connectivity index (χ0) is 28.4. The van der Waals surface area contributed by atoms with E-state index in [9.17, 15) is 5.11 Å². The van der Waals surface area contributed by atoms with Gasteiger partial charge in [-0.1, -0.05) is 62.3 Å². The lowest BCUT2D eigenvalue weighted by Gasteiger charge is -2.64. The fourth-order valence-electron chi connectivity index (χ4n) is 13.4. The van der Waals surface area contributed by atoms with Gasteiger partial charge in [0.05, 0.1) is 24.4 Å². The number of hydrogen-bond donors (Lipinski definition) is 1. The van der Waals surface area contributed by atoms with Crippen LogP contribution in [-0.2, 0) is 9.16 Å². The summed E-state index contributed by atoms with van der Waals surface area (Å²) < 4.78 is 14.9. The second-order valence-electron chi connectivity index (χ2n) is 17.3. The summed E-state index contributed by atoms with van der Waals surface area (Å²) in [4.78, 5) is 0. The van der Waals surface area contributed by atoms with Gasteiger partial charge in [0, 0.05) is 5.41 Å².